The number of anilines is 1. The second-order valence-corrected chi connectivity index (χ2v) is 5.98. The van der Waals surface area contributed by atoms with Gasteiger partial charge in [-0.3, -0.25) is 4.79 Å². The molecule has 1 N–H and O–H groups in total. The predicted molar refractivity (Wildman–Crippen MR) is 84.8 cm³/mol. The molecule has 3 heteroatoms. The fraction of sp³-hybridized carbons (Fsp3) is 0.118. The second-order valence-electron chi connectivity index (χ2n) is 4.90. The van der Waals surface area contributed by atoms with Crippen molar-refractivity contribution in [2.75, 3.05) is 5.32 Å². The Bertz CT molecular complexity index is 719. The molecule has 0 fully saturated rings. The van der Waals surface area contributed by atoms with Crippen molar-refractivity contribution in [1.29, 1.82) is 0 Å². The molecule has 0 spiro atoms. The molecule has 1 aliphatic rings. The van der Waals surface area contributed by atoms with Crippen molar-refractivity contribution in [2.45, 2.75) is 18.7 Å². The quantitative estimate of drug-likeness (QED) is 0.840. The van der Waals surface area contributed by atoms with E-state index >= 15 is 0 Å². The molecule has 100 valence electrons. The van der Waals surface area contributed by atoms with Crippen LogP contribution >= 0.6 is 11.8 Å². The molecule has 0 bridgehead atoms. The summed E-state index contributed by atoms with van der Waals surface area (Å²) < 4.78 is 0. The first-order valence-electron chi connectivity index (χ1n) is 6.51. The number of aryl methyl sites for hydroxylation is 2. The maximum Gasteiger partial charge on any atom is 0.249 e. The van der Waals surface area contributed by atoms with Crippen molar-refractivity contribution in [3.05, 3.63) is 65.2 Å². The van der Waals surface area contributed by atoms with E-state index in [9.17, 15) is 4.79 Å². The fourth-order valence-corrected chi connectivity index (χ4v) is 3.16. The van der Waals surface area contributed by atoms with Gasteiger partial charge < -0.3 is 5.32 Å². The molecule has 0 radical (unpaired) electrons. The van der Waals surface area contributed by atoms with Crippen molar-refractivity contribution < 1.29 is 4.79 Å². The van der Waals surface area contributed by atoms with Gasteiger partial charge in [-0.05, 0) is 42.7 Å². The number of thioether (sulfide) groups is 1. The lowest BCUT2D eigenvalue weighted by atomic mass is 10.1. The van der Waals surface area contributed by atoms with Gasteiger partial charge in [0.05, 0.1) is 5.69 Å². The zero-order valence-corrected chi connectivity index (χ0v) is 12.3. The fourth-order valence-electron chi connectivity index (χ4n) is 2.13. The van der Waals surface area contributed by atoms with E-state index < -0.39 is 0 Å². The highest BCUT2D eigenvalue weighted by atomic mass is 32.2. The van der Waals surface area contributed by atoms with Gasteiger partial charge in [-0.25, -0.2) is 0 Å². The molecule has 1 aliphatic heterocycles. The average Bonchev–Trinajstić information content (AvgIpc) is 2.59. The normalized spacial score (nSPS) is 14.1. The molecule has 2 aromatic carbocycles. The number of fused-ring (bicyclic) bond motifs is 1. The van der Waals surface area contributed by atoms with E-state index in [-0.39, 0.29) is 5.91 Å². The molecule has 0 atom stereocenters. The highest BCUT2D eigenvalue weighted by Crippen LogP contribution is 2.40. The zero-order valence-electron chi connectivity index (χ0n) is 11.4. The molecule has 2 aromatic rings. The van der Waals surface area contributed by atoms with E-state index in [4.69, 9.17) is 0 Å². The minimum atomic E-state index is -0.0734. The molecule has 0 saturated heterocycles. The van der Waals surface area contributed by atoms with Crippen LogP contribution in [0, 0.1) is 13.8 Å². The summed E-state index contributed by atoms with van der Waals surface area (Å²) in [6.45, 7) is 4.19. The SMILES string of the molecule is Cc1ccc(C2=CC(=O)Nc3ccccc3S2)cc1C. The van der Waals surface area contributed by atoms with Crippen LogP contribution in [0.15, 0.2) is 53.4 Å². The van der Waals surface area contributed by atoms with Gasteiger partial charge in [-0.15, -0.1) is 0 Å². The third kappa shape index (κ3) is 2.49. The Morgan fingerprint density at radius 1 is 1.00 bits per heavy atom. The van der Waals surface area contributed by atoms with Crippen LogP contribution in [0.1, 0.15) is 16.7 Å². The highest BCUT2D eigenvalue weighted by Gasteiger charge is 2.15. The number of hydrogen-bond donors (Lipinski definition) is 1. The topological polar surface area (TPSA) is 29.1 Å². The Labute approximate surface area is 122 Å². The lowest BCUT2D eigenvalue weighted by Gasteiger charge is -2.09. The van der Waals surface area contributed by atoms with Crippen LogP contribution in [0.4, 0.5) is 5.69 Å². The van der Waals surface area contributed by atoms with Crippen LogP contribution in [0.25, 0.3) is 4.91 Å². The summed E-state index contributed by atoms with van der Waals surface area (Å²) in [6, 6.07) is 14.2. The molecule has 2 nitrogen and oxygen atoms in total. The third-order valence-corrected chi connectivity index (χ3v) is 4.57. The number of rotatable bonds is 1. The van der Waals surface area contributed by atoms with E-state index in [0.717, 1.165) is 21.1 Å². The van der Waals surface area contributed by atoms with E-state index in [2.05, 4.69) is 37.4 Å². The molecule has 3 rings (SSSR count). The first kappa shape index (κ1) is 13.0. The van der Waals surface area contributed by atoms with Crippen LogP contribution in [0.5, 0.6) is 0 Å². The number of amides is 1. The van der Waals surface area contributed by atoms with E-state index in [1.807, 2.05) is 24.3 Å². The van der Waals surface area contributed by atoms with Gasteiger partial charge in [0.2, 0.25) is 5.91 Å². The number of hydrogen-bond acceptors (Lipinski definition) is 2. The first-order valence-corrected chi connectivity index (χ1v) is 7.32. The van der Waals surface area contributed by atoms with Gasteiger partial charge in [-0.1, -0.05) is 42.1 Å². The number of benzene rings is 2. The van der Waals surface area contributed by atoms with Gasteiger partial charge in [0.15, 0.2) is 0 Å². The van der Waals surface area contributed by atoms with Gasteiger partial charge in [0, 0.05) is 15.9 Å². The van der Waals surface area contributed by atoms with Gasteiger partial charge in [0.1, 0.15) is 0 Å². The predicted octanol–water partition coefficient (Wildman–Crippen LogP) is 4.39. The summed E-state index contributed by atoms with van der Waals surface area (Å²) in [5.41, 5.74) is 4.46. The lowest BCUT2D eigenvalue weighted by molar-refractivity contribution is -0.111. The molecule has 0 saturated carbocycles. The maximum atomic E-state index is 12.0. The lowest BCUT2D eigenvalue weighted by Crippen LogP contribution is -2.07. The van der Waals surface area contributed by atoms with Crippen LogP contribution in [0.2, 0.25) is 0 Å². The van der Waals surface area contributed by atoms with Gasteiger partial charge in [-0.2, -0.15) is 0 Å². The van der Waals surface area contributed by atoms with Crippen molar-refractivity contribution >= 4 is 28.3 Å². The van der Waals surface area contributed by atoms with Crippen LogP contribution in [-0.2, 0) is 4.79 Å². The summed E-state index contributed by atoms with van der Waals surface area (Å²) in [5, 5.41) is 2.91. The molecule has 1 amide bonds. The standard InChI is InChI=1S/C17H15NOS/c1-11-7-8-13(9-12(11)2)16-10-17(19)18-14-5-3-4-6-15(14)20-16/h3-10H,1-2H3,(H,18,19). The Morgan fingerprint density at radius 3 is 2.60 bits per heavy atom. The van der Waals surface area contributed by atoms with Crippen LogP contribution in [0.3, 0.4) is 0 Å². The number of nitrogens with one attached hydrogen (secondary N) is 1. The van der Waals surface area contributed by atoms with Gasteiger partial charge in [0.25, 0.3) is 0 Å². The summed E-state index contributed by atoms with van der Waals surface area (Å²) in [7, 11) is 0. The molecule has 0 aromatic heterocycles. The van der Waals surface area contributed by atoms with Crippen molar-refractivity contribution in [2.24, 2.45) is 0 Å². The smallest absolute Gasteiger partial charge is 0.249 e. The van der Waals surface area contributed by atoms with Crippen molar-refractivity contribution in [3.63, 3.8) is 0 Å². The van der Waals surface area contributed by atoms with Crippen molar-refractivity contribution in [1.82, 2.24) is 0 Å². The largest absolute Gasteiger partial charge is 0.321 e. The Balaban J connectivity index is 2.05. The van der Waals surface area contributed by atoms with E-state index in [1.54, 1.807) is 17.8 Å². The van der Waals surface area contributed by atoms with Crippen molar-refractivity contribution in [3.8, 4) is 0 Å². The summed E-state index contributed by atoms with van der Waals surface area (Å²) in [6.07, 6.45) is 1.68. The Hall–Kier alpha value is -2.00. The Morgan fingerprint density at radius 2 is 1.80 bits per heavy atom. The number of para-hydroxylation sites is 1. The highest BCUT2D eigenvalue weighted by molar-refractivity contribution is 8.08. The summed E-state index contributed by atoms with van der Waals surface area (Å²) in [4.78, 5) is 14.0. The first-order chi connectivity index (χ1) is 9.63. The van der Waals surface area contributed by atoms with E-state index in [0.29, 0.717) is 0 Å². The van der Waals surface area contributed by atoms with Crippen LogP contribution < -0.4 is 5.32 Å². The third-order valence-electron chi connectivity index (χ3n) is 3.42. The van der Waals surface area contributed by atoms with E-state index in [1.165, 1.54) is 11.1 Å². The number of carbonyl (C=O) groups is 1. The minimum Gasteiger partial charge on any atom is -0.321 e. The second kappa shape index (κ2) is 5.17. The monoisotopic (exact) mass is 281 g/mol. The molecule has 0 aliphatic carbocycles. The average molecular weight is 281 g/mol. The molecule has 1 heterocycles. The molecular weight excluding hydrogens is 266 g/mol. The molecular formula is C17H15NOS. The van der Waals surface area contributed by atoms with Crippen LogP contribution in [-0.4, -0.2) is 5.91 Å². The zero-order chi connectivity index (χ0) is 14.1. The summed E-state index contributed by atoms with van der Waals surface area (Å²) >= 11 is 1.63. The number of carbonyl (C=O) groups excluding carboxylic acids is 1. The Kier molecular flexibility index (Phi) is 3.36. The molecule has 20 heavy (non-hydrogen) atoms. The molecule has 0 unspecified atom stereocenters. The minimum absolute atomic E-state index is 0.0734. The summed E-state index contributed by atoms with van der Waals surface area (Å²) in [5.74, 6) is -0.0734. The van der Waals surface area contributed by atoms with Gasteiger partial charge >= 0.3 is 0 Å². The maximum absolute atomic E-state index is 12.0.